The minimum absolute atomic E-state index is 1.06. The zero-order valence-electron chi connectivity index (χ0n) is 9.20. The maximum Gasteiger partial charge on any atom is 0.106 e. The fourth-order valence-electron chi connectivity index (χ4n) is 1.27. The van der Waals surface area contributed by atoms with Gasteiger partial charge in [-0.1, -0.05) is 12.1 Å². The molecule has 0 aliphatic rings. The van der Waals surface area contributed by atoms with Crippen LogP contribution in [0.3, 0.4) is 0 Å². The zero-order chi connectivity index (χ0) is 10.6. The molecule has 0 fully saturated rings. The average Bonchev–Trinajstić information content (AvgIpc) is 2.45. The lowest BCUT2D eigenvalue weighted by Gasteiger charge is -1.93. The summed E-state index contributed by atoms with van der Waals surface area (Å²) in [6.07, 6.45) is 0. The first-order valence-corrected chi connectivity index (χ1v) is 4.67. The molecule has 3 heteroatoms. The number of nitrogens with one attached hydrogen (secondary N) is 1. The largest absolute Gasteiger partial charge is 0.331 e. The van der Waals surface area contributed by atoms with Crippen LogP contribution in [0.25, 0.3) is 11.0 Å². The molecule has 0 aliphatic carbocycles. The molecule has 0 unspecified atom stereocenters. The van der Waals surface area contributed by atoms with Crippen molar-refractivity contribution in [2.45, 2.75) is 6.92 Å². The highest BCUT2D eigenvalue weighted by Crippen LogP contribution is 2.12. The van der Waals surface area contributed by atoms with Gasteiger partial charge in [0.05, 0.1) is 11.0 Å². The number of imidazole rings is 1. The summed E-state index contributed by atoms with van der Waals surface area (Å²) >= 11 is 0. The van der Waals surface area contributed by atoms with E-state index in [1.165, 1.54) is 5.52 Å². The molecule has 0 saturated heterocycles. The lowest BCUT2D eigenvalue weighted by molar-refractivity contribution is 0.886. The van der Waals surface area contributed by atoms with Crippen LogP contribution in [0.4, 0.5) is 0 Å². The second kappa shape index (κ2) is 4.77. The van der Waals surface area contributed by atoms with Crippen LogP contribution < -0.4 is 5.32 Å². The molecule has 1 heterocycles. The molecule has 0 atom stereocenters. The Kier molecular flexibility index (Phi) is 3.65. The number of aryl methyl sites for hydroxylation is 2. The Bertz CT molecular complexity index is 404. The average molecular weight is 191 g/mol. The van der Waals surface area contributed by atoms with Crippen LogP contribution in [0.5, 0.6) is 0 Å². The molecule has 1 N–H and O–H groups in total. The van der Waals surface area contributed by atoms with Crippen LogP contribution in [0.1, 0.15) is 5.82 Å². The Balaban J connectivity index is 0.000000293. The molecule has 0 spiro atoms. The minimum atomic E-state index is 1.06. The minimum Gasteiger partial charge on any atom is -0.331 e. The molecule has 0 saturated carbocycles. The predicted molar refractivity (Wildman–Crippen MR) is 60.4 cm³/mol. The van der Waals surface area contributed by atoms with Gasteiger partial charge < -0.3 is 9.88 Å². The quantitative estimate of drug-likeness (QED) is 0.687. The number of benzene rings is 1. The van der Waals surface area contributed by atoms with Crippen molar-refractivity contribution in [2.75, 3.05) is 14.1 Å². The fourth-order valence-corrected chi connectivity index (χ4v) is 1.27. The Morgan fingerprint density at radius 3 is 2.36 bits per heavy atom. The number of para-hydroxylation sites is 2. The van der Waals surface area contributed by atoms with Crippen molar-refractivity contribution in [3.05, 3.63) is 30.1 Å². The molecular weight excluding hydrogens is 174 g/mol. The molecule has 1 aromatic carbocycles. The summed E-state index contributed by atoms with van der Waals surface area (Å²) in [6.45, 7) is 2.01. The number of hydrogen-bond donors (Lipinski definition) is 1. The van der Waals surface area contributed by atoms with Crippen LogP contribution in [-0.4, -0.2) is 23.6 Å². The van der Waals surface area contributed by atoms with E-state index in [2.05, 4.69) is 20.9 Å². The van der Waals surface area contributed by atoms with Gasteiger partial charge in [0.2, 0.25) is 0 Å². The highest BCUT2D eigenvalue weighted by atomic mass is 15.0. The molecule has 3 nitrogen and oxygen atoms in total. The first-order chi connectivity index (χ1) is 6.70. The summed E-state index contributed by atoms with van der Waals surface area (Å²) in [5.41, 5.74) is 2.28. The smallest absolute Gasteiger partial charge is 0.106 e. The van der Waals surface area contributed by atoms with Crippen molar-refractivity contribution in [1.29, 1.82) is 0 Å². The standard InChI is InChI=1S/C9H10N2.C2H7N/c1-7-10-8-5-3-4-6-9(8)11(7)2;1-3-2/h3-6H,1-2H3;3H,1-2H3. The SMILES string of the molecule is CNC.Cc1nc2ccccc2n1C. The maximum absolute atomic E-state index is 4.38. The first-order valence-electron chi connectivity index (χ1n) is 4.67. The summed E-state index contributed by atoms with van der Waals surface area (Å²) in [6, 6.07) is 8.15. The van der Waals surface area contributed by atoms with Gasteiger partial charge >= 0.3 is 0 Å². The zero-order valence-corrected chi connectivity index (χ0v) is 9.20. The van der Waals surface area contributed by atoms with Gasteiger partial charge in [-0.3, -0.25) is 0 Å². The van der Waals surface area contributed by atoms with E-state index in [1.807, 2.05) is 46.3 Å². The van der Waals surface area contributed by atoms with Crippen molar-refractivity contribution in [2.24, 2.45) is 7.05 Å². The third-order valence-corrected chi connectivity index (χ3v) is 2.01. The summed E-state index contributed by atoms with van der Waals surface area (Å²) in [5.74, 6) is 1.06. The van der Waals surface area contributed by atoms with Crippen molar-refractivity contribution < 1.29 is 0 Å². The van der Waals surface area contributed by atoms with Crippen LogP contribution in [0, 0.1) is 6.92 Å². The van der Waals surface area contributed by atoms with E-state index in [4.69, 9.17) is 0 Å². The van der Waals surface area contributed by atoms with Crippen LogP contribution in [-0.2, 0) is 7.05 Å². The third-order valence-electron chi connectivity index (χ3n) is 2.01. The third kappa shape index (κ3) is 2.12. The molecule has 0 aliphatic heterocycles. The van der Waals surface area contributed by atoms with Crippen LogP contribution in [0.15, 0.2) is 24.3 Å². The first kappa shape index (κ1) is 10.7. The van der Waals surface area contributed by atoms with E-state index in [-0.39, 0.29) is 0 Å². The van der Waals surface area contributed by atoms with Crippen molar-refractivity contribution in [3.63, 3.8) is 0 Å². The number of rotatable bonds is 0. The number of nitrogens with zero attached hydrogens (tertiary/aromatic N) is 2. The van der Waals surface area contributed by atoms with Gasteiger partial charge in [0, 0.05) is 7.05 Å². The summed E-state index contributed by atoms with van der Waals surface area (Å²) in [4.78, 5) is 4.38. The molecule has 76 valence electrons. The number of fused-ring (bicyclic) bond motifs is 1. The highest BCUT2D eigenvalue weighted by molar-refractivity contribution is 5.75. The van der Waals surface area contributed by atoms with E-state index >= 15 is 0 Å². The van der Waals surface area contributed by atoms with E-state index in [9.17, 15) is 0 Å². The highest BCUT2D eigenvalue weighted by Gasteiger charge is 2.00. The van der Waals surface area contributed by atoms with Crippen molar-refractivity contribution in [1.82, 2.24) is 14.9 Å². The van der Waals surface area contributed by atoms with Gasteiger partial charge in [-0.15, -0.1) is 0 Å². The van der Waals surface area contributed by atoms with E-state index < -0.39 is 0 Å². The molecule has 2 rings (SSSR count). The second-order valence-corrected chi connectivity index (χ2v) is 3.21. The lowest BCUT2D eigenvalue weighted by atomic mass is 10.3. The Morgan fingerprint density at radius 2 is 1.79 bits per heavy atom. The van der Waals surface area contributed by atoms with E-state index in [0.717, 1.165) is 11.3 Å². The molecule has 0 amide bonds. The molecule has 2 aromatic rings. The van der Waals surface area contributed by atoms with Crippen molar-refractivity contribution in [3.8, 4) is 0 Å². The van der Waals surface area contributed by atoms with E-state index in [0.29, 0.717) is 0 Å². The summed E-state index contributed by atoms with van der Waals surface area (Å²) in [7, 11) is 5.78. The van der Waals surface area contributed by atoms with Crippen LogP contribution in [0.2, 0.25) is 0 Å². The second-order valence-electron chi connectivity index (χ2n) is 3.21. The predicted octanol–water partition coefficient (Wildman–Crippen LogP) is 1.72. The fraction of sp³-hybridized carbons (Fsp3) is 0.364. The molecule has 14 heavy (non-hydrogen) atoms. The van der Waals surface area contributed by atoms with Gasteiger partial charge in [0.1, 0.15) is 5.82 Å². The molecule has 0 radical (unpaired) electrons. The number of hydrogen-bond acceptors (Lipinski definition) is 2. The topological polar surface area (TPSA) is 29.9 Å². The van der Waals surface area contributed by atoms with Crippen molar-refractivity contribution >= 4 is 11.0 Å². The lowest BCUT2D eigenvalue weighted by Crippen LogP contribution is -1.89. The summed E-state index contributed by atoms with van der Waals surface area (Å²) in [5, 5.41) is 2.75. The molecular formula is C11H17N3. The molecule has 0 bridgehead atoms. The Morgan fingerprint density at radius 1 is 1.21 bits per heavy atom. The maximum atomic E-state index is 4.38. The normalized spacial score (nSPS) is 9.71. The van der Waals surface area contributed by atoms with Crippen LogP contribution >= 0.6 is 0 Å². The van der Waals surface area contributed by atoms with E-state index in [1.54, 1.807) is 0 Å². The van der Waals surface area contributed by atoms with Gasteiger partial charge in [0.25, 0.3) is 0 Å². The van der Waals surface area contributed by atoms with Gasteiger partial charge in [-0.05, 0) is 33.2 Å². The van der Waals surface area contributed by atoms with Gasteiger partial charge in [0.15, 0.2) is 0 Å². The molecule has 1 aromatic heterocycles. The van der Waals surface area contributed by atoms with Gasteiger partial charge in [-0.25, -0.2) is 4.98 Å². The Labute approximate surface area is 84.8 Å². The summed E-state index contributed by atoms with van der Waals surface area (Å²) < 4.78 is 2.09. The monoisotopic (exact) mass is 191 g/mol. The van der Waals surface area contributed by atoms with Gasteiger partial charge in [-0.2, -0.15) is 0 Å². The Hall–Kier alpha value is -1.35. The number of aromatic nitrogens is 2.